The molecule has 0 aromatic heterocycles. The number of nitrogens with one attached hydrogen (secondary N) is 4. The first-order valence-corrected chi connectivity index (χ1v) is 52.1. The number of halogens is 6. The van der Waals surface area contributed by atoms with Crippen LogP contribution in [0.4, 0.5) is 32.0 Å². The SMILES string of the molecule is C/C(CO)=C1\C[C@@](C)(c2cc(N)ccc2F)N=C(NC(=O)c2ccccc2)S1.CC(=N[S@](=O)C(C)(C)C)c1cc(C)ccc1F.CC(=O)/C(C)=C1/C[C@@](C)(c2cc(C)ccc2F)N=C(NC(=O)c2ccccc2)S1.CC(=O)C(C)C(=O)C[C@](C)(CC(=S)NC(=O)c1ccccc1)c1cc(C)ccc1F.CC(=O)C(C)C(=O)C[C@](C)(N)c1cc(C)ccc1F.CC(=O)C(C)C(=O)C[C@](C)(NS(=O)C(C)(C)C)c1cc(C)ccc1F. The molecule has 2 heterocycles. The maximum absolute atomic E-state index is 14.7. The summed E-state index contributed by atoms with van der Waals surface area (Å²) in [7, 11) is -2.88. The number of Topliss-reactive ketones (excluding diaryl/α,β-unsaturated/α-hetero) is 7. The molecule has 11 rings (SSSR count). The van der Waals surface area contributed by atoms with Gasteiger partial charge >= 0.3 is 0 Å². The van der Waals surface area contributed by atoms with Gasteiger partial charge in [-0.3, -0.25) is 57.9 Å². The molecule has 0 radical (unpaired) electrons. The average molecular weight is 2130 g/mol. The fraction of sp³-hybridized carbons (Fsp3) is 0.374. The number of thioether (sulfide) groups is 2. The second kappa shape index (κ2) is 54.4. The lowest BCUT2D eigenvalue weighted by molar-refractivity contribution is -0.133. The van der Waals surface area contributed by atoms with Gasteiger partial charge in [-0.05, 0) is 280 Å². The highest BCUT2D eigenvalue weighted by molar-refractivity contribution is 8.17. The molecular formula is C115H137F6N9O13S5. The van der Waals surface area contributed by atoms with E-state index in [0.717, 1.165) is 43.2 Å². The Morgan fingerprint density at radius 2 is 0.824 bits per heavy atom. The smallest absolute Gasteiger partial charge is 0.257 e. The number of benzene rings is 9. The van der Waals surface area contributed by atoms with Crippen LogP contribution in [0.15, 0.2) is 236 Å². The van der Waals surface area contributed by atoms with Crippen molar-refractivity contribution in [1.29, 1.82) is 0 Å². The van der Waals surface area contributed by atoms with E-state index < -0.39 is 100 Å². The molecular weight excluding hydrogens is 1990 g/mol. The number of nitrogen functional groups attached to an aromatic ring is 1. The Morgan fingerprint density at radius 3 is 1.26 bits per heavy atom. The number of hydrogen-bond acceptors (Lipinski definition) is 20. The summed E-state index contributed by atoms with van der Waals surface area (Å²) < 4.78 is 116. The van der Waals surface area contributed by atoms with Crippen LogP contribution >= 0.6 is 35.7 Å². The van der Waals surface area contributed by atoms with Gasteiger partial charge < -0.3 is 32.5 Å². The minimum Gasteiger partial charge on any atom is -0.399 e. The molecule has 0 saturated heterocycles. The molecule has 0 bridgehead atoms. The van der Waals surface area contributed by atoms with Crippen LogP contribution in [0.25, 0.3) is 0 Å². The van der Waals surface area contributed by atoms with Gasteiger partial charge in [0.1, 0.15) is 80.6 Å². The first-order chi connectivity index (χ1) is 68.7. The number of aliphatic imine (C=N–C) groups is 2. The second-order valence-corrected chi connectivity index (χ2v) is 46.9. The molecule has 9 aromatic rings. The number of aliphatic hydroxyl groups excluding tert-OH is 1. The van der Waals surface area contributed by atoms with Crippen molar-refractivity contribution in [2.45, 2.75) is 256 Å². The number of nitrogens with two attached hydrogens (primary N) is 2. The van der Waals surface area contributed by atoms with Gasteiger partial charge in [-0.2, -0.15) is 4.40 Å². The number of amides is 3. The van der Waals surface area contributed by atoms with Crippen molar-refractivity contribution in [1.82, 2.24) is 20.7 Å². The number of rotatable bonds is 28. The van der Waals surface area contributed by atoms with Crippen LogP contribution in [0.2, 0.25) is 0 Å². The normalized spacial score (nSPS) is 17.4. The van der Waals surface area contributed by atoms with E-state index in [-0.39, 0.29) is 113 Å². The van der Waals surface area contributed by atoms with Crippen molar-refractivity contribution in [2.75, 3.05) is 12.3 Å². The first-order valence-electron chi connectivity index (χ1n) is 47.8. The molecule has 0 saturated carbocycles. The predicted octanol–water partition coefficient (Wildman–Crippen LogP) is 23.2. The predicted molar refractivity (Wildman–Crippen MR) is 588 cm³/mol. The lowest BCUT2D eigenvalue weighted by Gasteiger charge is -2.34. The van der Waals surface area contributed by atoms with Crippen LogP contribution in [0.1, 0.15) is 276 Å². The molecule has 9 aromatic carbocycles. The first kappa shape index (κ1) is 125. The van der Waals surface area contributed by atoms with Crippen LogP contribution in [-0.4, -0.2) is 109 Å². The van der Waals surface area contributed by atoms with E-state index in [0.29, 0.717) is 84.7 Å². The monoisotopic (exact) mass is 2130 g/mol. The number of aryl methyl sites for hydroxylation is 5. The number of ketones is 7. The Kier molecular flexibility index (Phi) is 45.8. The van der Waals surface area contributed by atoms with E-state index in [1.54, 1.807) is 236 Å². The zero-order valence-electron chi connectivity index (χ0n) is 88.9. The average Bonchev–Trinajstić information content (AvgIpc) is 0.715. The van der Waals surface area contributed by atoms with Gasteiger partial charge in [0.25, 0.3) is 17.7 Å². The maximum Gasteiger partial charge on any atom is 0.257 e. The molecule has 33 heteroatoms. The molecule has 10 atom stereocenters. The number of carbonyl (C=O) groups excluding carboxylic acids is 10. The number of anilines is 1. The number of amidine groups is 2. The lowest BCUT2D eigenvalue weighted by Crippen LogP contribution is -2.48. The Labute approximate surface area is 884 Å². The van der Waals surface area contributed by atoms with Gasteiger partial charge in [-0.15, -0.1) is 0 Å². The van der Waals surface area contributed by atoms with Crippen LogP contribution in [0.5, 0.6) is 0 Å². The van der Waals surface area contributed by atoms with E-state index >= 15 is 0 Å². The van der Waals surface area contributed by atoms with Gasteiger partial charge in [0.15, 0.2) is 16.1 Å². The summed E-state index contributed by atoms with van der Waals surface area (Å²) in [6.45, 7) is 44.1. The lowest BCUT2D eigenvalue weighted by atomic mass is 9.73. The molecule has 0 aliphatic carbocycles. The minimum atomic E-state index is -1.52. The third-order valence-electron chi connectivity index (χ3n) is 24.7. The maximum atomic E-state index is 14.7. The Bertz CT molecular complexity index is 6640. The van der Waals surface area contributed by atoms with Crippen LogP contribution in [0.3, 0.4) is 0 Å². The molecule has 22 nitrogen and oxygen atoms in total. The van der Waals surface area contributed by atoms with E-state index in [2.05, 4.69) is 30.1 Å². The molecule has 2 aliphatic rings. The summed E-state index contributed by atoms with van der Waals surface area (Å²) in [5.74, 6) is -7.31. The third-order valence-corrected chi connectivity index (χ3v) is 30.4. The van der Waals surface area contributed by atoms with Gasteiger partial charge in [-0.25, -0.2) is 39.5 Å². The quantitative estimate of drug-likeness (QED) is 0.00598. The number of aliphatic hydroxyl groups is 1. The van der Waals surface area contributed by atoms with E-state index in [1.807, 2.05) is 74.4 Å². The zero-order chi connectivity index (χ0) is 112. The molecule has 3 amide bonds. The van der Waals surface area contributed by atoms with Crippen molar-refractivity contribution in [2.24, 2.45) is 37.9 Å². The van der Waals surface area contributed by atoms with Crippen molar-refractivity contribution < 1.29 is 87.8 Å². The van der Waals surface area contributed by atoms with Gasteiger partial charge in [0.05, 0.1) is 72.2 Å². The highest BCUT2D eigenvalue weighted by Gasteiger charge is 2.43. The van der Waals surface area contributed by atoms with Gasteiger partial charge in [0.2, 0.25) is 0 Å². The van der Waals surface area contributed by atoms with Crippen molar-refractivity contribution >= 4 is 143 Å². The number of hydrogen-bond donors (Lipinski definition) is 7. The van der Waals surface area contributed by atoms with E-state index in [4.69, 9.17) is 28.7 Å². The highest BCUT2D eigenvalue weighted by Crippen LogP contribution is 2.47. The van der Waals surface area contributed by atoms with E-state index in [9.17, 15) is 87.8 Å². The van der Waals surface area contributed by atoms with Crippen LogP contribution < -0.4 is 32.1 Å². The van der Waals surface area contributed by atoms with Crippen LogP contribution in [0, 0.1) is 87.3 Å². The summed E-state index contributed by atoms with van der Waals surface area (Å²) in [5, 5.41) is 18.6. The molecule has 4 unspecified atom stereocenters. The fourth-order valence-electron chi connectivity index (χ4n) is 15.0. The number of allylic oxidation sites excluding steroid dienone is 1. The van der Waals surface area contributed by atoms with Gasteiger partial charge in [-0.1, -0.05) is 180 Å². The van der Waals surface area contributed by atoms with E-state index in [1.165, 1.54) is 93.7 Å². The highest BCUT2D eigenvalue weighted by atomic mass is 32.2. The summed E-state index contributed by atoms with van der Waals surface area (Å²) >= 11 is 7.92. The zero-order valence-corrected chi connectivity index (χ0v) is 93.0. The van der Waals surface area contributed by atoms with Gasteiger partial charge in [0, 0.05) is 110 Å². The summed E-state index contributed by atoms with van der Waals surface area (Å²) in [5.41, 5.74) is 17.0. The molecule has 2 aliphatic heterocycles. The molecule has 0 fully saturated rings. The molecule has 9 N–H and O–H groups in total. The molecule has 0 spiro atoms. The Hall–Kier alpha value is -12.1. The summed E-state index contributed by atoms with van der Waals surface area (Å²) in [6, 6.07) is 54.3. The number of carbonyl (C=O) groups is 10. The molecule has 792 valence electrons. The molecule has 148 heavy (non-hydrogen) atoms. The van der Waals surface area contributed by atoms with Crippen molar-refractivity contribution in [3.8, 4) is 0 Å². The topological polar surface area (TPSA) is 362 Å². The van der Waals surface area contributed by atoms with Crippen LogP contribution in [-0.2, 0) is 83.1 Å². The number of nitrogens with zero attached hydrogens (tertiary/aromatic N) is 3. The summed E-state index contributed by atoms with van der Waals surface area (Å²) in [6.07, 6.45) is 0.598. The van der Waals surface area contributed by atoms with Crippen molar-refractivity contribution in [3.05, 3.63) is 334 Å². The fourth-order valence-corrected chi connectivity index (χ4v) is 19.4. The third kappa shape index (κ3) is 36.4. The van der Waals surface area contributed by atoms with Crippen molar-refractivity contribution in [3.63, 3.8) is 0 Å². The number of thiocarbonyl (C=S) groups is 1. The largest absolute Gasteiger partial charge is 0.399 e. The second-order valence-electron chi connectivity index (χ2n) is 40.4. The Morgan fingerprint density at radius 1 is 0.459 bits per heavy atom. The Balaban J connectivity index is 0.000000274. The minimum absolute atomic E-state index is 0.0600. The standard InChI is InChI=1S/C24H26FNO3S.C23H23FN2O2S.C21H22FN3O2S.C19H28FNO3S.C15H20FNO2.C13H18FNOS/c1-15-10-11-20(25)19(12-15)24(4,13-21(28)16(2)17(3)27)14-22(30)26-23(29)18-8-6-5-7-9-18;1-14-10-11-19(24)18(12-14)23(4)13-20(15(2)16(3)27)29-22(26-23)25-21(28)17-8-6-5-7-9-17;1-13(12-26)18-11-21(2,16-10-15(23)8-9-17(16)22)25-20(28-18)24-19(27)14-6-4-3-5-7-14;1-12-8-9-16(20)15(10-12)19(7,21-25(24)18(4,5)6)11-17(23)13(2)14(3)22;1-9-5-6-13(16)12(7-9)15(4,17)8-14(19)10(2)11(3)18;1-9-6-7-12(14)11(8-9)10(2)15-17(16)13(3,4)5/h5-12,16H,13-14H2,1-4H3,(H,26,29,30);5-12H,13H2,1-4H3,(H,25,26,28);3-10,26H,11-12,23H2,1-2H3,(H,24,25,27);8-10,13,21H,11H2,1-7H3;5-7,10H,8,17H2,1-4H3;6-8H,1-5H3/b;20-15-;18-13-;;;/t16?,24-;23-;21-;13?,19-,25?;10?,15-;17-/m100001/s1. The summed E-state index contributed by atoms with van der Waals surface area (Å²) in [4.78, 5) is 132.